The topological polar surface area (TPSA) is 51.7 Å². The largest absolute Gasteiger partial charge is 0.336 e. The van der Waals surface area contributed by atoms with E-state index in [1.165, 1.54) is 0 Å². The van der Waals surface area contributed by atoms with Gasteiger partial charge in [-0.05, 0) is 52.9 Å². The minimum atomic E-state index is 0.0776. The van der Waals surface area contributed by atoms with Gasteiger partial charge < -0.3 is 20.0 Å². The summed E-state index contributed by atoms with van der Waals surface area (Å²) in [5.41, 5.74) is 1.15. The summed E-state index contributed by atoms with van der Waals surface area (Å²) in [5.74, 6) is 0. The number of likely N-dealkylation sites (tertiary alicyclic amines) is 1. The van der Waals surface area contributed by atoms with Gasteiger partial charge in [0.2, 0.25) is 0 Å². The Hall–Kier alpha value is -1.66. The molecule has 0 aliphatic carbocycles. The van der Waals surface area contributed by atoms with Crippen LogP contribution in [0.3, 0.4) is 0 Å². The lowest BCUT2D eigenvalue weighted by Gasteiger charge is -2.39. The number of rotatable bonds is 8. The summed E-state index contributed by atoms with van der Waals surface area (Å²) >= 11 is 0. The van der Waals surface area contributed by atoms with E-state index in [1.807, 2.05) is 32.2 Å². The molecule has 0 saturated carbocycles. The lowest BCUT2D eigenvalue weighted by atomic mass is 10.0. The maximum absolute atomic E-state index is 12.6. The van der Waals surface area contributed by atoms with Gasteiger partial charge in [-0.1, -0.05) is 6.07 Å². The van der Waals surface area contributed by atoms with E-state index < -0.39 is 0 Å². The zero-order valence-electron chi connectivity index (χ0n) is 16.8. The van der Waals surface area contributed by atoms with Gasteiger partial charge in [-0.3, -0.25) is 4.98 Å². The highest BCUT2D eigenvalue weighted by Crippen LogP contribution is 2.17. The van der Waals surface area contributed by atoms with E-state index in [2.05, 4.69) is 45.2 Å². The van der Waals surface area contributed by atoms with Crippen LogP contribution >= 0.6 is 0 Å². The van der Waals surface area contributed by atoms with Crippen LogP contribution in [0, 0.1) is 0 Å². The summed E-state index contributed by atoms with van der Waals surface area (Å²) < 4.78 is 0. The molecule has 26 heavy (non-hydrogen) atoms. The second kappa shape index (κ2) is 10.5. The van der Waals surface area contributed by atoms with Gasteiger partial charge in [-0.2, -0.15) is 0 Å². The quantitative estimate of drug-likeness (QED) is 0.770. The smallest absolute Gasteiger partial charge is 0.317 e. The number of likely N-dealkylation sites (N-methyl/N-ethyl adjacent to an activating group) is 1. The van der Waals surface area contributed by atoms with Gasteiger partial charge in [0.15, 0.2) is 0 Å². The minimum Gasteiger partial charge on any atom is -0.336 e. The van der Waals surface area contributed by atoms with Crippen LogP contribution in [-0.4, -0.2) is 84.6 Å². The van der Waals surface area contributed by atoms with Crippen molar-refractivity contribution in [2.45, 2.75) is 45.2 Å². The van der Waals surface area contributed by atoms with Crippen LogP contribution in [0.25, 0.3) is 0 Å². The molecule has 2 heterocycles. The number of urea groups is 1. The monoisotopic (exact) mass is 361 g/mol. The lowest BCUT2D eigenvalue weighted by molar-refractivity contribution is 0.115. The fraction of sp³-hybridized carbons (Fsp3) is 0.700. The highest BCUT2D eigenvalue weighted by atomic mass is 16.2. The predicted octanol–water partition coefficient (Wildman–Crippen LogP) is 2.07. The van der Waals surface area contributed by atoms with Crippen molar-refractivity contribution in [3.05, 3.63) is 30.1 Å². The van der Waals surface area contributed by atoms with Crippen molar-refractivity contribution in [2.24, 2.45) is 0 Å². The number of piperidine rings is 1. The van der Waals surface area contributed by atoms with Crippen LogP contribution < -0.4 is 5.32 Å². The predicted molar refractivity (Wildman–Crippen MR) is 106 cm³/mol. The molecule has 2 rings (SSSR count). The van der Waals surface area contributed by atoms with Gasteiger partial charge >= 0.3 is 6.03 Å². The average Bonchev–Trinajstić information content (AvgIpc) is 2.61. The van der Waals surface area contributed by atoms with Crippen LogP contribution in [0.2, 0.25) is 0 Å². The van der Waals surface area contributed by atoms with Gasteiger partial charge in [-0.25, -0.2) is 4.79 Å². The standard InChI is InChI=1S/C20H35N5O/c1-17(2)22-20(26)25(16-15-23(3)4)19-9-13-24(14-10-19)12-8-18-7-5-6-11-21-18/h5-7,11,17,19H,8-10,12-16H2,1-4H3,(H,22,26). The first-order valence-electron chi connectivity index (χ1n) is 9.80. The number of carbonyl (C=O) groups excluding carboxylic acids is 1. The molecule has 1 N–H and O–H groups in total. The van der Waals surface area contributed by atoms with Gasteiger partial charge in [0.25, 0.3) is 0 Å². The number of hydrogen-bond acceptors (Lipinski definition) is 4. The highest BCUT2D eigenvalue weighted by molar-refractivity contribution is 5.74. The summed E-state index contributed by atoms with van der Waals surface area (Å²) in [6, 6.07) is 6.67. The molecule has 1 aromatic heterocycles. The Bertz CT molecular complexity index is 526. The van der Waals surface area contributed by atoms with Gasteiger partial charge in [-0.15, -0.1) is 0 Å². The molecule has 1 saturated heterocycles. The molecule has 0 unspecified atom stereocenters. The Morgan fingerprint density at radius 3 is 2.58 bits per heavy atom. The zero-order valence-corrected chi connectivity index (χ0v) is 16.8. The van der Waals surface area contributed by atoms with Gasteiger partial charge in [0, 0.05) is 63.1 Å². The first-order valence-corrected chi connectivity index (χ1v) is 9.80. The van der Waals surface area contributed by atoms with E-state index in [0.29, 0.717) is 6.04 Å². The van der Waals surface area contributed by atoms with Gasteiger partial charge in [0.05, 0.1) is 0 Å². The lowest BCUT2D eigenvalue weighted by Crippen LogP contribution is -2.53. The Kier molecular flexibility index (Phi) is 8.32. The van der Waals surface area contributed by atoms with Crippen molar-refractivity contribution in [3.63, 3.8) is 0 Å². The van der Waals surface area contributed by atoms with Crippen molar-refractivity contribution in [2.75, 3.05) is 46.8 Å². The van der Waals surface area contributed by atoms with Crippen molar-refractivity contribution in [1.29, 1.82) is 0 Å². The van der Waals surface area contributed by atoms with E-state index in [4.69, 9.17) is 0 Å². The van der Waals surface area contributed by atoms with E-state index in [1.54, 1.807) is 0 Å². The van der Waals surface area contributed by atoms with Crippen molar-refractivity contribution < 1.29 is 4.79 Å². The Balaban J connectivity index is 1.83. The van der Waals surface area contributed by atoms with Crippen molar-refractivity contribution in [1.82, 2.24) is 25.0 Å². The van der Waals surface area contributed by atoms with Crippen LogP contribution in [-0.2, 0) is 6.42 Å². The maximum Gasteiger partial charge on any atom is 0.317 e. The van der Waals surface area contributed by atoms with Crippen molar-refractivity contribution >= 4 is 6.03 Å². The molecule has 2 amide bonds. The molecule has 1 fully saturated rings. The highest BCUT2D eigenvalue weighted by Gasteiger charge is 2.28. The molecule has 146 valence electrons. The van der Waals surface area contributed by atoms with E-state index in [9.17, 15) is 4.79 Å². The van der Waals surface area contributed by atoms with E-state index in [-0.39, 0.29) is 12.1 Å². The molecule has 6 heteroatoms. The first-order chi connectivity index (χ1) is 12.5. The van der Waals surface area contributed by atoms with Gasteiger partial charge in [0.1, 0.15) is 0 Å². The number of pyridine rings is 1. The summed E-state index contributed by atoms with van der Waals surface area (Å²) in [6.45, 7) is 8.84. The third-order valence-corrected chi connectivity index (χ3v) is 4.87. The number of aromatic nitrogens is 1. The summed E-state index contributed by atoms with van der Waals surface area (Å²) in [7, 11) is 4.11. The fourth-order valence-electron chi connectivity index (χ4n) is 3.36. The minimum absolute atomic E-state index is 0.0776. The molecule has 1 aliphatic heterocycles. The number of nitrogens with zero attached hydrogens (tertiary/aromatic N) is 4. The summed E-state index contributed by atoms with van der Waals surface area (Å²) in [5, 5.41) is 3.07. The molecule has 0 spiro atoms. The molecule has 0 radical (unpaired) electrons. The second-order valence-corrected chi connectivity index (χ2v) is 7.74. The molecule has 0 bridgehead atoms. The number of nitrogens with one attached hydrogen (secondary N) is 1. The molecule has 0 aromatic carbocycles. The summed E-state index contributed by atoms with van der Waals surface area (Å²) in [4.78, 5) is 23.7. The number of amides is 2. The first kappa shape index (κ1) is 20.6. The van der Waals surface area contributed by atoms with Crippen LogP contribution in [0.15, 0.2) is 24.4 Å². The molecular weight excluding hydrogens is 326 g/mol. The van der Waals surface area contributed by atoms with Crippen LogP contribution in [0.5, 0.6) is 0 Å². The molecule has 1 aliphatic rings. The Morgan fingerprint density at radius 1 is 1.27 bits per heavy atom. The number of carbonyl (C=O) groups is 1. The molecule has 0 atom stereocenters. The SMILES string of the molecule is CC(C)NC(=O)N(CCN(C)C)C1CCN(CCc2ccccn2)CC1. The average molecular weight is 362 g/mol. The van der Waals surface area contributed by atoms with Crippen LogP contribution in [0.4, 0.5) is 4.79 Å². The van der Waals surface area contributed by atoms with Crippen molar-refractivity contribution in [3.8, 4) is 0 Å². The Morgan fingerprint density at radius 2 is 2.00 bits per heavy atom. The maximum atomic E-state index is 12.6. The third-order valence-electron chi connectivity index (χ3n) is 4.87. The molecule has 6 nitrogen and oxygen atoms in total. The summed E-state index contributed by atoms with van der Waals surface area (Å²) in [6.07, 6.45) is 4.93. The number of hydrogen-bond donors (Lipinski definition) is 1. The fourth-order valence-corrected chi connectivity index (χ4v) is 3.36. The van der Waals surface area contributed by atoms with E-state index in [0.717, 1.165) is 57.7 Å². The Labute approximate surface area is 158 Å². The molecular formula is C20H35N5O. The second-order valence-electron chi connectivity index (χ2n) is 7.74. The molecule has 1 aromatic rings. The van der Waals surface area contributed by atoms with Crippen LogP contribution in [0.1, 0.15) is 32.4 Å². The third kappa shape index (κ3) is 6.92. The zero-order chi connectivity index (χ0) is 18.9. The van der Waals surface area contributed by atoms with E-state index >= 15 is 0 Å². The normalized spacial score (nSPS) is 16.2.